The molecule has 1 heterocycles. The van der Waals surface area contributed by atoms with Crippen LogP contribution < -0.4 is 16.6 Å². The third-order valence-corrected chi connectivity index (χ3v) is 3.16. The van der Waals surface area contributed by atoms with Gasteiger partial charge in [-0.05, 0) is 30.7 Å². The van der Waals surface area contributed by atoms with Crippen LogP contribution in [0.15, 0.2) is 41.1 Å². The minimum absolute atomic E-state index is 0.239. The van der Waals surface area contributed by atoms with E-state index in [1.54, 1.807) is 12.3 Å². The Morgan fingerprint density at radius 2 is 2.11 bits per heavy atom. The van der Waals surface area contributed by atoms with E-state index >= 15 is 0 Å². The maximum Gasteiger partial charge on any atom is 0.257 e. The van der Waals surface area contributed by atoms with Crippen LogP contribution in [-0.2, 0) is 0 Å². The molecule has 2 aromatic rings. The number of aromatic nitrogens is 1. The second-order valence-corrected chi connectivity index (χ2v) is 4.89. The van der Waals surface area contributed by atoms with Gasteiger partial charge in [0.15, 0.2) is 0 Å². The highest BCUT2D eigenvalue weighted by Crippen LogP contribution is 2.22. The van der Waals surface area contributed by atoms with Crippen molar-refractivity contribution >= 4 is 33.2 Å². The number of nitrogen functional groups attached to an aromatic ring is 1. The highest BCUT2D eigenvalue weighted by Gasteiger charge is 2.12. The largest absolute Gasteiger partial charge is 0.322 e. The van der Waals surface area contributed by atoms with Crippen molar-refractivity contribution < 1.29 is 4.79 Å². The number of aryl methyl sites for hydroxylation is 1. The first-order chi connectivity index (χ1) is 9.11. The lowest BCUT2D eigenvalue weighted by Crippen LogP contribution is -2.17. The van der Waals surface area contributed by atoms with E-state index in [1.165, 1.54) is 6.20 Å². The third-order valence-electron chi connectivity index (χ3n) is 2.67. The molecule has 5 nitrogen and oxygen atoms in total. The van der Waals surface area contributed by atoms with E-state index in [-0.39, 0.29) is 5.91 Å². The van der Waals surface area contributed by atoms with Crippen molar-refractivity contribution in [3.05, 3.63) is 52.3 Å². The van der Waals surface area contributed by atoms with Gasteiger partial charge in [-0.2, -0.15) is 0 Å². The minimum atomic E-state index is -0.239. The van der Waals surface area contributed by atoms with Crippen molar-refractivity contribution in [2.24, 2.45) is 5.84 Å². The highest BCUT2D eigenvalue weighted by molar-refractivity contribution is 9.10. The fourth-order valence-corrected chi connectivity index (χ4v) is 1.99. The van der Waals surface area contributed by atoms with Crippen molar-refractivity contribution in [2.75, 3.05) is 10.7 Å². The van der Waals surface area contributed by atoms with Gasteiger partial charge in [-0.3, -0.25) is 15.6 Å². The number of carbonyl (C=O) groups is 1. The quantitative estimate of drug-likeness (QED) is 0.600. The Morgan fingerprint density at radius 1 is 1.32 bits per heavy atom. The first-order valence-electron chi connectivity index (χ1n) is 5.60. The van der Waals surface area contributed by atoms with E-state index in [2.05, 4.69) is 31.7 Å². The van der Waals surface area contributed by atoms with Crippen molar-refractivity contribution in [1.29, 1.82) is 0 Å². The van der Waals surface area contributed by atoms with Gasteiger partial charge in [0.25, 0.3) is 5.91 Å². The molecule has 0 aliphatic rings. The number of hydrazine groups is 1. The van der Waals surface area contributed by atoms with E-state index in [9.17, 15) is 4.79 Å². The molecule has 0 aliphatic carbocycles. The predicted octanol–water partition coefficient (Wildman–Crippen LogP) is 2.69. The van der Waals surface area contributed by atoms with Gasteiger partial charge in [0.05, 0.1) is 17.4 Å². The van der Waals surface area contributed by atoms with E-state index in [0.29, 0.717) is 11.3 Å². The van der Waals surface area contributed by atoms with Crippen molar-refractivity contribution in [2.45, 2.75) is 6.92 Å². The smallest absolute Gasteiger partial charge is 0.257 e. The molecule has 4 N–H and O–H groups in total. The molecule has 0 spiro atoms. The Labute approximate surface area is 119 Å². The number of hydrogen-bond acceptors (Lipinski definition) is 4. The van der Waals surface area contributed by atoms with E-state index in [0.717, 1.165) is 15.7 Å². The summed E-state index contributed by atoms with van der Waals surface area (Å²) in [6.45, 7) is 1.93. The number of pyridine rings is 1. The molecule has 0 bridgehead atoms. The molecule has 6 heteroatoms. The highest BCUT2D eigenvalue weighted by atomic mass is 79.9. The molecule has 1 amide bonds. The van der Waals surface area contributed by atoms with Crippen molar-refractivity contribution in [3.63, 3.8) is 0 Å². The summed E-state index contributed by atoms with van der Waals surface area (Å²) in [7, 11) is 0. The number of rotatable bonds is 3. The first kappa shape index (κ1) is 13.5. The van der Waals surface area contributed by atoms with Crippen LogP contribution in [0.2, 0.25) is 0 Å². The van der Waals surface area contributed by atoms with Gasteiger partial charge >= 0.3 is 0 Å². The van der Waals surface area contributed by atoms with Crippen LogP contribution >= 0.6 is 15.9 Å². The minimum Gasteiger partial charge on any atom is -0.322 e. The maximum absolute atomic E-state index is 12.2. The Bertz CT molecular complexity index is 615. The summed E-state index contributed by atoms with van der Waals surface area (Å²) in [6.07, 6.45) is 3.05. The van der Waals surface area contributed by atoms with Crippen LogP contribution in [0.5, 0.6) is 0 Å². The van der Waals surface area contributed by atoms with E-state index in [4.69, 9.17) is 5.84 Å². The second-order valence-electron chi connectivity index (χ2n) is 3.98. The summed E-state index contributed by atoms with van der Waals surface area (Å²) in [4.78, 5) is 16.1. The average Bonchev–Trinajstić information content (AvgIpc) is 2.42. The molecule has 2 rings (SSSR count). The lowest BCUT2D eigenvalue weighted by molar-refractivity contribution is 0.102. The summed E-state index contributed by atoms with van der Waals surface area (Å²) in [6, 6.07) is 7.31. The zero-order valence-corrected chi connectivity index (χ0v) is 11.9. The van der Waals surface area contributed by atoms with Gasteiger partial charge in [0.1, 0.15) is 0 Å². The standard InChI is InChI=1S/C13H13BrN4O/c1-8-2-3-9(14)6-11(8)17-13(19)10-4-5-16-7-12(10)18-15/h2-7,18H,15H2,1H3,(H,17,19). The number of nitrogens with zero attached hydrogens (tertiary/aromatic N) is 1. The van der Waals surface area contributed by atoms with Crippen LogP contribution in [0.1, 0.15) is 15.9 Å². The molecular weight excluding hydrogens is 308 g/mol. The maximum atomic E-state index is 12.2. The molecule has 0 unspecified atom stereocenters. The third kappa shape index (κ3) is 3.10. The van der Waals surface area contributed by atoms with Crippen LogP contribution in [-0.4, -0.2) is 10.9 Å². The Morgan fingerprint density at radius 3 is 2.84 bits per heavy atom. The van der Waals surface area contributed by atoms with Crippen molar-refractivity contribution in [3.8, 4) is 0 Å². The molecule has 0 saturated carbocycles. The Hall–Kier alpha value is -1.92. The molecule has 0 radical (unpaired) electrons. The van der Waals surface area contributed by atoms with Gasteiger partial charge in [0, 0.05) is 16.4 Å². The number of nitrogens with one attached hydrogen (secondary N) is 2. The molecule has 1 aromatic heterocycles. The summed E-state index contributed by atoms with van der Waals surface area (Å²) in [5.74, 6) is 5.12. The molecule has 0 fully saturated rings. The van der Waals surface area contributed by atoms with E-state index in [1.807, 2.05) is 25.1 Å². The van der Waals surface area contributed by atoms with Gasteiger partial charge in [0.2, 0.25) is 0 Å². The molecule has 19 heavy (non-hydrogen) atoms. The van der Waals surface area contributed by atoms with Crippen LogP contribution in [0.25, 0.3) is 0 Å². The molecular formula is C13H13BrN4O. The normalized spacial score (nSPS) is 10.1. The van der Waals surface area contributed by atoms with Crippen LogP contribution in [0, 0.1) is 6.92 Å². The predicted molar refractivity (Wildman–Crippen MR) is 78.9 cm³/mol. The fourth-order valence-electron chi connectivity index (χ4n) is 1.63. The second kappa shape index (κ2) is 5.81. The average molecular weight is 321 g/mol. The zero-order chi connectivity index (χ0) is 13.8. The van der Waals surface area contributed by atoms with Gasteiger partial charge in [-0.1, -0.05) is 22.0 Å². The van der Waals surface area contributed by atoms with Crippen LogP contribution in [0.3, 0.4) is 0 Å². The van der Waals surface area contributed by atoms with Gasteiger partial charge < -0.3 is 10.7 Å². The van der Waals surface area contributed by atoms with Crippen molar-refractivity contribution in [1.82, 2.24) is 4.98 Å². The van der Waals surface area contributed by atoms with Crippen LogP contribution in [0.4, 0.5) is 11.4 Å². The van der Waals surface area contributed by atoms with Gasteiger partial charge in [-0.15, -0.1) is 0 Å². The lowest BCUT2D eigenvalue weighted by Gasteiger charge is -2.11. The number of nitrogens with two attached hydrogens (primary N) is 1. The zero-order valence-electron chi connectivity index (χ0n) is 10.3. The first-order valence-corrected chi connectivity index (χ1v) is 6.39. The lowest BCUT2D eigenvalue weighted by atomic mass is 10.1. The summed E-state index contributed by atoms with van der Waals surface area (Å²) >= 11 is 3.38. The number of benzene rings is 1. The Balaban J connectivity index is 2.28. The summed E-state index contributed by atoms with van der Waals surface area (Å²) in [5.41, 5.74) is 5.11. The van der Waals surface area contributed by atoms with E-state index < -0.39 is 0 Å². The molecule has 1 aromatic carbocycles. The summed E-state index contributed by atoms with van der Waals surface area (Å²) in [5, 5.41) is 2.85. The number of hydrogen-bond donors (Lipinski definition) is 3. The number of amides is 1. The number of carbonyl (C=O) groups excluding carboxylic acids is 1. The fraction of sp³-hybridized carbons (Fsp3) is 0.0769. The molecule has 98 valence electrons. The number of anilines is 2. The SMILES string of the molecule is Cc1ccc(Br)cc1NC(=O)c1ccncc1NN. The topological polar surface area (TPSA) is 80.0 Å². The Kier molecular flexibility index (Phi) is 4.13. The molecule has 0 aliphatic heterocycles. The van der Waals surface area contributed by atoms with Gasteiger partial charge in [-0.25, -0.2) is 0 Å². The summed E-state index contributed by atoms with van der Waals surface area (Å²) < 4.78 is 0.903. The molecule has 0 atom stereocenters. The number of halogens is 1. The monoisotopic (exact) mass is 320 g/mol. The molecule has 0 saturated heterocycles.